The van der Waals surface area contributed by atoms with E-state index < -0.39 is 39.8 Å². The van der Waals surface area contributed by atoms with E-state index in [0.29, 0.717) is 29.2 Å². The molecule has 0 aliphatic carbocycles. The number of carbonyl (C=O) groups excluding carboxylic acids is 3. The van der Waals surface area contributed by atoms with Gasteiger partial charge in [0, 0.05) is 27.9 Å². The number of hydrogen-bond acceptors (Lipinski definition) is 7. The average molecular weight is 570 g/mol. The number of primary amides is 1. The Labute approximate surface area is 227 Å². The first-order valence-electron chi connectivity index (χ1n) is 11.6. The summed E-state index contributed by atoms with van der Waals surface area (Å²) in [5.74, 6) is -2.76. The first-order chi connectivity index (χ1) is 17.3. The molecule has 2 rings (SSSR count). The Hall–Kier alpha value is -2.60. The summed E-state index contributed by atoms with van der Waals surface area (Å²) in [5, 5.41) is 12.4. The van der Waals surface area contributed by atoms with Crippen molar-refractivity contribution in [1.82, 2.24) is 10.0 Å². The molecule has 0 saturated carbocycles. The van der Waals surface area contributed by atoms with Crippen molar-refractivity contribution in [3.05, 3.63) is 53.1 Å². The van der Waals surface area contributed by atoms with E-state index in [2.05, 4.69) is 17.9 Å². The maximum atomic E-state index is 12.8. The number of sulfonamides is 1. The summed E-state index contributed by atoms with van der Waals surface area (Å²) in [6.07, 6.45) is -0.832. The number of carbonyl (C=O) groups is 3. The van der Waals surface area contributed by atoms with Gasteiger partial charge in [0.2, 0.25) is 11.8 Å². The van der Waals surface area contributed by atoms with Gasteiger partial charge in [0.25, 0.3) is 15.9 Å². The summed E-state index contributed by atoms with van der Waals surface area (Å²) >= 11 is 10.8. The maximum Gasteiger partial charge on any atom is 0.264 e. The molecule has 0 heterocycles. The summed E-state index contributed by atoms with van der Waals surface area (Å²) in [4.78, 5) is 36.5. The van der Waals surface area contributed by atoms with Crippen molar-refractivity contribution in [2.45, 2.75) is 50.7 Å². The van der Waals surface area contributed by atoms with Gasteiger partial charge in [-0.15, -0.1) is 0 Å². The molecule has 0 radical (unpaired) electrons. The van der Waals surface area contributed by atoms with Gasteiger partial charge in [0.1, 0.15) is 12.0 Å². The zero-order chi connectivity index (χ0) is 27.9. The Morgan fingerprint density at radius 3 is 2.24 bits per heavy atom. The summed E-state index contributed by atoms with van der Waals surface area (Å²) in [5.41, 5.74) is 6.64. The Balaban J connectivity index is 2.34. The monoisotopic (exact) mass is 569 g/mol. The van der Waals surface area contributed by atoms with Crippen LogP contribution in [-0.2, 0) is 30.8 Å². The molecular formula is C25H32ClN3O6S2. The number of thiol groups is 1. The Morgan fingerprint density at radius 2 is 1.70 bits per heavy atom. The average Bonchev–Trinajstić information content (AvgIpc) is 2.81. The third-order valence-electron chi connectivity index (χ3n) is 5.54. The molecule has 202 valence electrons. The summed E-state index contributed by atoms with van der Waals surface area (Å²) in [6, 6.07) is 10.4. The fourth-order valence-electron chi connectivity index (χ4n) is 3.71. The zero-order valence-corrected chi connectivity index (χ0v) is 23.2. The number of aliphatic hydroxyl groups excluding tert-OH is 1. The molecule has 12 heteroatoms. The molecule has 1 unspecified atom stereocenters. The minimum Gasteiger partial charge on any atom is -0.384 e. The van der Waals surface area contributed by atoms with E-state index in [1.165, 1.54) is 24.3 Å². The topological polar surface area (TPSA) is 156 Å². The van der Waals surface area contributed by atoms with Crippen LogP contribution in [0.25, 0.3) is 11.1 Å². The summed E-state index contributed by atoms with van der Waals surface area (Å²) in [7, 11) is -4.31. The molecule has 0 bridgehead atoms. The molecule has 37 heavy (non-hydrogen) atoms. The number of benzene rings is 2. The minimum absolute atomic E-state index is 0.00741. The second-order valence-electron chi connectivity index (χ2n) is 9.13. The van der Waals surface area contributed by atoms with E-state index in [1.54, 1.807) is 18.2 Å². The lowest BCUT2D eigenvalue weighted by molar-refractivity contribution is -0.134. The van der Waals surface area contributed by atoms with Gasteiger partial charge in [-0.3, -0.25) is 14.4 Å². The number of amides is 3. The van der Waals surface area contributed by atoms with Crippen molar-refractivity contribution in [2.24, 2.45) is 17.6 Å². The number of halogens is 1. The van der Waals surface area contributed by atoms with Gasteiger partial charge in [-0.2, -0.15) is 12.6 Å². The van der Waals surface area contributed by atoms with Gasteiger partial charge >= 0.3 is 0 Å². The minimum atomic E-state index is -4.31. The second-order valence-corrected chi connectivity index (χ2v) is 11.6. The predicted octanol–water partition coefficient (Wildman–Crippen LogP) is 2.30. The predicted molar refractivity (Wildman–Crippen MR) is 146 cm³/mol. The van der Waals surface area contributed by atoms with Crippen LogP contribution < -0.4 is 15.8 Å². The van der Waals surface area contributed by atoms with Crippen molar-refractivity contribution in [1.29, 1.82) is 0 Å². The lowest BCUT2D eigenvalue weighted by Gasteiger charge is -2.22. The third-order valence-corrected chi connectivity index (χ3v) is 7.70. The van der Waals surface area contributed by atoms with E-state index in [-0.39, 0.29) is 27.9 Å². The van der Waals surface area contributed by atoms with Crippen LogP contribution in [0.4, 0.5) is 0 Å². The third kappa shape index (κ3) is 8.46. The largest absolute Gasteiger partial charge is 0.384 e. The molecule has 3 atom stereocenters. The van der Waals surface area contributed by atoms with Crippen LogP contribution in [-0.4, -0.2) is 49.1 Å². The van der Waals surface area contributed by atoms with E-state index in [4.69, 9.17) is 17.3 Å². The first-order valence-corrected chi connectivity index (χ1v) is 14.1. The molecule has 2 aromatic carbocycles. The van der Waals surface area contributed by atoms with Crippen molar-refractivity contribution in [3.63, 3.8) is 0 Å². The van der Waals surface area contributed by atoms with Gasteiger partial charge < -0.3 is 16.2 Å². The van der Waals surface area contributed by atoms with Gasteiger partial charge in [-0.25, -0.2) is 13.1 Å². The first kappa shape index (κ1) is 30.6. The molecule has 0 fully saturated rings. The Kier molecular flexibility index (Phi) is 11.0. The fraction of sp³-hybridized carbons (Fsp3) is 0.400. The molecule has 0 aromatic heterocycles. The Bertz CT molecular complexity index is 1250. The highest BCUT2D eigenvalue weighted by Gasteiger charge is 2.28. The SMILES string of the molecule is CC(C)C[C@H](CS)NC(=O)C(Cc1ccc(-c2ccccc2S(=O)(=O)NC(=O)[C@H](C)O)c(Cl)c1)C(N)=O. The van der Waals surface area contributed by atoms with Crippen LogP contribution in [0.3, 0.4) is 0 Å². The number of aliphatic hydroxyl groups is 1. The quantitative estimate of drug-likeness (QED) is 0.195. The highest BCUT2D eigenvalue weighted by Crippen LogP contribution is 2.34. The van der Waals surface area contributed by atoms with Crippen LogP contribution in [0.1, 0.15) is 32.8 Å². The highest BCUT2D eigenvalue weighted by atomic mass is 35.5. The standard InChI is InChI=1S/C25H32ClN3O6S2/c1-14(2)10-17(13-36)28-25(33)20(23(27)31)11-16-8-9-18(21(26)12-16)19-6-4-5-7-22(19)37(34,35)29-24(32)15(3)30/h4-9,12,14-15,17,20,30,36H,10-11,13H2,1-3H3,(H2,27,31)(H,28,33)(H,29,32)/t15-,17+,20?/m0/s1. The van der Waals surface area contributed by atoms with Crippen LogP contribution >= 0.6 is 24.2 Å². The molecule has 2 aromatic rings. The smallest absolute Gasteiger partial charge is 0.264 e. The van der Waals surface area contributed by atoms with Gasteiger partial charge in [-0.1, -0.05) is 55.8 Å². The van der Waals surface area contributed by atoms with Crippen molar-refractivity contribution in [3.8, 4) is 11.1 Å². The molecular weight excluding hydrogens is 538 g/mol. The zero-order valence-electron chi connectivity index (χ0n) is 20.8. The van der Waals surface area contributed by atoms with E-state index >= 15 is 0 Å². The lowest BCUT2D eigenvalue weighted by Crippen LogP contribution is -2.45. The van der Waals surface area contributed by atoms with E-state index in [0.717, 1.165) is 6.92 Å². The molecule has 0 aliphatic heterocycles. The van der Waals surface area contributed by atoms with Crippen LogP contribution in [0.2, 0.25) is 5.02 Å². The van der Waals surface area contributed by atoms with Crippen molar-refractivity contribution in [2.75, 3.05) is 5.75 Å². The van der Waals surface area contributed by atoms with Crippen LogP contribution in [0, 0.1) is 11.8 Å². The van der Waals surface area contributed by atoms with Gasteiger partial charge in [0.05, 0.1) is 4.90 Å². The lowest BCUT2D eigenvalue weighted by atomic mass is 9.95. The van der Waals surface area contributed by atoms with Crippen LogP contribution in [0.5, 0.6) is 0 Å². The molecule has 9 nitrogen and oxygen atoms in total. The summed E-state index contributed by atoms with van der Waals surface area (Å²) in [6.45, 7) is 5.18. The summed E-state index contributed by atoms with van der Waals surface area (Å²) < 4.78 is 27.4. The fourth-order valence-corrected chi connectivity index (χ4v) is 5.52. The molecule has 5 N–H and O–H groups in total. The van der Waals surface area contributed by atoms with E-state index in [1.807, 2.05) is 18.6 Å². The second kappa shape index (κ2) is 13.3. The number of rotatable bonds is 12. The Morgan fingerprint density at radius 1 is 1.05 bits per heavy atom. The molecule has 0 spiro atoms. The number of hydrogen-bond donors (Lipinski definition) is 5. The highest BCUT2D eigenvalue weighted by molar-refractivity contribution is 7.90. The maximum absolute atomic E-state index is 12.8. The normalized spacial score (nSPS) is 14.0. The van der Waals surface area contributed by atoms with E-state index in [9.17, 15) is 27.9 Å². The number of nitrogens with two attached hydrogens (primary N) is 1. The van der Waals surface area contributed by atoms with Crippen molar-refractivity contribution < 1.29 is 27.9 Å². The molecule has 0 saturated heterocycles. The van der Waals surface area contributed by atoms with Crippen LogP contribution in [0.15, 0.2) is 47.4 Å². The van der Waals surface area contributed by atoms with Crippen molar-refractivity contribution >= 4 is 52.0 Å². The van der Waals surface area contributed by atoms with Gasteiger partial charge in [-0.05, 0) is 43.4 Å². The molecule has 3 amide bonds. The number of nitrogens with one attached hydrogen (secondary N) is 2. The molecule has 0 aliphatic rings. The van der Waals surface area contributed by atoms with Gasteiger partial charge in [0.15, 0.2) is 0 Å².